The van der Waals surface area contributed by atoms with Gasteiger partial charge < -0.3 is 9.47 Å². The van der Waals surface area contributed by atoms with E-state index in [1.807, 2.05) is 38.1 Å². The number of esters is 1. The molecule has 0 spiro atoms. The molecule has 0 fully saturated rings. The molecule has 0 bridgehead atoms. The van der Waals surface area contributed by atoms with Gasteiger partial charge in [-0.05, 0) is 43.4 Å². The summed E-state index contributed by atoms with van der Waals surface area (Å²) in [5, 5.41) is 0. The second-order valence-electron chi connectivity index (χ2n) is 8.43. The fraction of sp³-hybridized carbons (Fsp3) is 0.522. The monoisotopic (exact) mass is 461 g/mol. The number of hydrogen-bond donors (Lipinski definition) is 0. The summed E-state index contributed by atoms with van der Waals surface area (Å²) in [6.07, 6.45) is 1.18. The normalized spacial score (nSPS) is 23.5. The molecule has 1 unspecified atom stereocenters. The molecule has 0 aromatic heterocycles. The smallest absolute Gasteiger partial charge is 0.315 e. The Bertz CT molecular complexity index is 854. The molecule has 1 aromatic carbocycles. The van der Waals surface area contributed by atoms with E-state index in [-0.39, 0.29) is 29.7 Å². The quantitative estimate of drug-likeness (QED) is 0.448. The molecule has 5 nitrogen and oxygen atoms in total. The maximum atomic E-state index is 13.2. The van der Waals surface area contributed by atoms with Crippen LogP contribution in [0.25, 0.3) is 0 Å². The minimum absolute atomic E-state index is 0.0764. The number of carbonyl (C=O) groups is 2. The maximum Gasteiger partial charge on any atom is 0.315 e. The van der Waals surface area contributed by atoms with Crippen LogP contribution in [0.3, 0.4) is 0 Å². The van der Waals surface area contributed by atoms with Crippen molar-refractivity contribution in [2.75, 3.05) is 19.8 Å². The highest BCUT2D eigenvalue weighted by molar-refractivity contribution is 9.10. The third-order valence-electron chi connectivity index (χ3n) is 5.46. The number of ketones is 1. The molecular weight excluding hydrogens is 434 g/mol. The van der Waals surface area contributed by atoms with Gasteiger partial charge in [-0.15, -0.1) is 0 Å². The summed E-state index contributed by atoms with van der Waals surface area (Å²) in [6.45, 7) is 9.04. The molecule has 6 heteroatoms. The Balaban J connectivity index is 2.01. The molecule has 0 saturated heterocycles. The van der Waals surface area contributed by atoms with E-state index in [0.717, 1.165) is 22.2 Å². The first kappa shape index (κ1) is 21.9. The van der Waals surface area contributed by atoms with Gasteiger partial charge in [0.25, 0.3) is 0 Å². The first-order valence-corrected chi connectivity index (χ1v) is 10.8. The van der Waals surface area contributed by atoms with Gasteiger partial charge in [0, 0.05) is 40.4 Å². The molecule has 2 atom stereocenters. The Hall–Kier alpha value is -1.79. The van der Waals surface area contributed by atoms with Gasteiger partial charge in [-0.1, -0.05) is 41.9 Å². The predicted molar refractivity (Wildman–Crippen MR) is 116 cm³/mol. The zero-order valence-corrected chi connectivity index (χ0v) is 19.0. The standard InChI is InChI=1S/C23H28BrNO4/c1-5-28-10-11-29-22(27)19-14(2)25-17-12-23(3,4)13-18(26)21(17)20(19)15-6-8-16(24)9-7-15/h6-9,19-20H,5,10-13H2,1-4H3/t19?,20-/m0/s1. The Morgan fingerprint density at radius 2 is 1.90 bits per heavy atom. The van der Waals surface area contributed by atoms with Gasteiger partial charge in [0.1, 0.15) is 12.5 Å². The molecule has 1 aliphatic heterocycles. The fourth-order valence-electron chi connectivity index (χ4n) is 4.22. The summed E-state index contributed by atoms with van der Waals surface area (Å²) < 4.78 is 11.7. The van der Waals surface area contributed by atoms with E-state index in [1.54, 1.807) is 0 Å². The van der Waals surface area contributed by atoms with Crippen molar-refractivity contribution in [2.45, 2.75) is 46.5 Å². The van der Waals surface area contributed by atoms with Gasteiger partial charge in [0.15, 0.2) is 5.78 Å². The van der Waals surface area contributed by atoms with Crippen LogP contribution in [0.4, 0.5) is 0 Å². The lowest BCUT2D eigenvalue weighted by Gasteiger charge is -2.39. The van der Waals surface area contributed by atoms with E-state index in [2.05, 4.69) is 29.8 Å². The van der Waals surface area contributed by atoms with Gasteiger partial charge in [0.05, 0.1) is 6.61 Å². The van der Waals surface area contributed by atoms with Crippen LogP contribution in [0.5, 0.6) is 0 Å². The number of hydrogen-bond acceptors (Lipinski definition) is 5. The highest BCUT2D eigenvalue weighted by Crippen LogP contribution is 2.48. The van der Waals surface area contributed by atoms with Crippen molar-refractivity contribution >= 4 is 33.4 Å². The molecule has 0 radical (unpaired) electrons. The van der Waals surface area contributed by atoms with Crippen molar-refractivity contribution in [3.63, 3.8) is 0 Å². The van der Waals surface area contributed by atoms with Crippen molar-refractivity contribution in [3.8, 4) is 0 Å². The van der Waals surface area contributed by atoms with Gasteiger partial charge in [-0.25, -0.2) is 0 Å². The first-order valence-electron chi connectivity index (χ1n) is 10.0. The third kappa shape index (κ3) is 4.86. The summed E-state index contributed by atoms with van der Waals surface area (Å²) in [6, 6.07) is 7.80. The number of aliphatic imine (C=N–C) groups is 1. The zero-order valence-electron chi connectivity index (χ0n) is 17.5. The number of Topliss-reactive ketones (excluding diaryl/α,β-unsaturated/α-hetero) is 1. The molecule has 1 heterocycles. The molecule has 1 aliphatic carbocycles. The zero-order chi connectivity index (χ0) is 21.2. The first-order chi connectivity index (χ1) is 13.7. The number of allylic oxidation sites excluding steroid dienone is 2. The van der Waals surface area contributed by atoms with E-state index >= 15 is 0 Å². The Labute approximate surface area is 180 Å². The van der Waals surface area contributed by atoms with Crippen LogP contribution in [-0.2, 0) is 19.1 Å². The van der Waals surface area contributed by atoms with Gasteiger partial charge >= 0.3 is 5.97 Å². The minimum atomic E-state index is -0.610. The van der Waals surface area contributed by atoms with Crippen molar-refractivity contribution in [1.82, 2.24) is 0 Å². The molecule has 29 heavy (non-hydrogen) atoms. The molecular formula is C23H28BrNO4. The second-order valence-corrected chi connectivity index (χ2v) is 9.34. The average molecular weight is 462 g/mol. The van der Waals surface area contributed by atoms with E-state index in [4.69, 9.17) is 14.5 Å². The fourth-order valence-corrected chi connectivity index (χ4v) is 4.48. The molecule has 3 rings (SSSR count). The van der Waals surface area contributed by atoms with E-state index in [1.165, 1.54) is 0 Å². The lowest BCUT2D eigenvalue weighted by atomic mass is 9.67. The summed E-state index contributed by atoms with van der Waals surface area (Å²) in [5.41, 5.74) is 2.98. The van der Waals surface area contributed by atoms with E-state index in [0.29, 0.717) is 30.9 Å². The number of rotatable bonds is 6. The average Bonchev–Trinajstić information content (AvgIpc) is 2.63. The predicted octanol–water partition coefficient (Wildman–Crippen LogP) is 4.85. The SMILES string of the molecule is CCOCCOC(=O)C1C(C)=NC2=C(C(=O)CC(C)(C)C2)[C@H]1c1ccc(Br)cc1. The van der Waals surface area contributed by atoms with E-state index in [9.17, 15) is 9.59 Å². The van der Waals surface area contributed by atoms with Crippen molar-refractivity contribution in [1.29, 1.82) is 0 Å². The Kier molecular flexibility index (Phi) is 6.74. The Morgan fingerprint density at radius 3 is 2.55 bits per heavy atom. The molecule has 0 saturated carbocycles. The summed E-state index contributed by atoms with van der Waals surface area (Å²) in [5.74, 6) is -1.27. The molecule has 2 aliphatic rings. The minimum Gasteiger partial charge on any atom is -0.463 e. The van der Waals surface area contributed by atoms with Crippen LogP contribution in [0, 0.1) is 11.3 Å². The van der Waals surface area contributed by atoms with Gasteiger partial charge in [-0.3, -0.25) is 14.6 Å². The molecule has 0 amide bonds. The number of halogens is 1. The van der Waals surface area contributed by atoms with Crippen LogP contribution in [-0.4, -0.2) is 37.3 Å². The van der Waals surface area contributed by atoms with E-state index < -0.39 is 5.92 Å². The Morgan fingerprint density at radius 1 is 1.21 bits per heavy atom. The summed E-state index contributed by atoms with van der Waals surface area (Å²) in [7, 11) is 0. The topological polar surface area (TPSA) is 65.0 Å². The largest absolute Gasteiger partial charge is 0.463 e. The third-order valence-corrected chi connectivity index (χ3v) is 5.99. The summed E-state index contributed by atoms with van der Waals surface area (Å²) in [4.78, 5) is 30.9. The highest BCUT2D eigenvalue weighted by Gasteiger charge is 2.45. The summed E-state index contributed by atoms with van der Waals surface area (Å²) >= 11 is 3.46. The molecule has 1 aromatic rings. The molecule has 156 valence electrons. The number of nitrogens with zero attached hydrogens (tertiary/aromatic N) is 1. The maximum absolute atomic E-state index is 13.2. The van der Waals surface area contributed by atoms with Gasteiger partial charge in [0.2, 0.25) is 0 Å². The van der Waals surface area contributed by atoms with Crippen LogP contribution in [0.15, 0.2) is 45.0 Å². The highest BCUT2D eigenvalue weighted by atomic mass is 79.9. The van der Waals surface area contributed by atoms with Gasteiger partial charge in [-0.2, -0.15) is 0 Å². The lowest BCUT2D eigenvalue weighted by molar-refractivity contribution is -0.148. The van der Waals surface area contributed by atoms with Crippen LogP contribution >= 0.6 is 15.9 Å². The van der Waals surface area contributed by atoms with Crippen LogP contribution < -0.4 is 0 Å². The number of benzene rings is 1. The number of carbonyl (C=O) groups excluding carboxylic acids is 2. The molecule has 0 N–H and O–H groups in total. The van der Waals surface area contributed by atoms with Crippen LogP contribution in [0.2, 0.25) is 0 Å². The van der Waals surface area contributed by atoms with Crippen molar-refractivity contribution in [2.24, 2.45) is 16.3 Å². The second kappa shape index (κ2) is 8.92. The van der Waals surface area contributed by atoms with Crippen LogP contribution in [0.1, 0.15) is 52.0 Å². The number of ether oxygens (including phenoxy) is 2. The van der Waals surface area contributed by atoms with Crippen molar-refractivity contribution in [3.05, 3.63) is 45.6 Å². The van der Waals surface area contributed by atoms with Crippen molar-refractivity contribution < 1.29 is 19.1 Å². The lowest BCUT2D eigenvalue weighted by Crippen LogP contribution is -2.39.